The molecular formula is C15H10Cl2FNO. The summed E-state index contributed by atoms with van der Waals surface area (Å²) in [4.78, 5) is 11.7. The minimum atomic E-state index is -0.659. The molecule has 0 aromatic heterocycles. The lowest BCUT2D eigenvalue weighted by atomic mass is 10.2. The Kier molecular flexibility index (Phi) is 4.77. The standard InChI is InChI=1S/C15H10Cl2FNO/c16-11-5-2-1-4-10(11)8-9-14(20)19-13-7-3-6-12(17)15(13)18/h1-9H,(H,19,20)/b9-8+. The normalized spacial score (nSPS) is 10.8. The number of carbonyl (C=O) groups is 1. The highest BCUT2D eigenvalue weighted by Crippen LogP contribution is 2.22. The molecule has 102 valence electrons. The van der Waals surface area contributed by atoms with E-state index in [2.05, 4.69) is 5.32 Å². The Hall–Kier alpha value is -1.84. The molecule has 20 heavy (non-hydrogen) atoms. The van der Waals surface area contributed by atoms with E-state index in [0.29, 0.717) is 10.6 Å². The molecule has 0 radical (unpaired) electrons. The number of carbonyl (C=O) groups excluding carboxylic acids is 1. The average Bonchev–Trinajstić information content (AvgIpc) is 2.43. The molecule has 0 spiro atoms. The van der Waals surface area contributed by atoms with E-state index >= 15 is 0 Å². The Morgan fingerprint density at radius 1 is 1.05 bits per heavy atom. The highest BCUT2D eigenvalue weighted by molar-refractivity contribution is 6.32. The Balaban J connectivity index is 2.10. The molecule has 0 bridgehead atoms. The molecule has 0 atom stereocenters. The minimum absolute atomic E-state index is 0.0336. The second-order valence-electron chi connectivity index (χ2n) is 3.95. The molecule has 2 nitrogen and oxygen atoms in total. The molecule has 0 fully saturated rings. The zero-order valence-electron chi connectivity index (χ0n) is 10.2. The van der Waals surface area contributed by atoms with Crippen molar-refractivity contribution in [3.63, 3.8) is 0 Å². The number of hydrogen-bond donors (Lipinski definition) is 1. The summed E-state index contributed by atoms with van der Waals surface area (Å²) in [6, 6.07) is 11.5. The van der Waals surface area contributed by atoms with Gasteiger partial charge in [0.1, 0.15) is 0 Å². The van der Waals surface area contributed by atoms with Crippen LogP contribution in [0.25, 0.3) is 6.08 Å². The van der Waals surface area contributed by atoms with Crippen molar-refractivity contribution in [2.75, 3.05) is 5.32 Å². The van der Waals surface area contributed by atoms with Crippen molar-refractivity contribution in [3.8, 4) is 0 Å². The van der Waals surface area contributed by atoms with E-state index in [1.54, 1.807) is 36.4 Å². The van der Waals surface area contributed by atoms with Crippen LogP contribution in [0.1, 0.15) is 5.56 Å². The van der Waals surface area contributed by atoms with E-state index in [4.69, 9.17) is 23.2 Å². The monoisotopic (exact) mass is 309 g/mol. The van der Waals surface area contributed by atoms with Crippen LogP contribution in [-0.4, -0.2) is 5.91 Å². The molecule has 0 aliphatic heterocycles. The van der Waals surface area contributed by atoms with Crippen LogP contribution in [0.3, 0.4) is 0 Å². The van der Waals surface area contributed by atoms with Gasteiger partial charge in [-0.25, -0.2) is 4.39 Å². The molecule has 5 heteroatoms. The van der Waals surface area contributed by atoms with Crippen molar-refractivity contribution in [1.29, 1.82) is 0 Å². The number of rotatable bonds is 3. The van der Waals surface area contributed by atoms with E-state index in [9.17, 15) is 9.18 Å². The first-order chi connectivity index (χ1) is 9.58. The van der Waals surface area contributed by atoms with E-state index in [-0.39, 0.29) is 10.7 Å². The maximum absolute atomic E-state index is 13.6. The van der Waals surface area contributed by atoms with Gasteiger partial charge in [-0.1, -0.05) is 47.5 Å². The van der Waals surface area contributed by atoms with Gasteiger partial charge in [0, 0.05) is 11.1 Å². The summed E-state index contributed by atoms with van der Waals surface area (Å²) < 4.78 is 13.6. The number of nitrogens with one attached hydrogen (secondary N) is 1. The largest absolute Gasteiger partial charge is 0.320 e. The fourth-order valence-corrected chi connectivity index (χ4v) is 1.92. The first kappa shape index (κ1) is 14.6. The number of benzene rings is 2. The SMILES string of the molecule is O=C(/C=C/c1ccccc1Cl)Nc1cccc(Cl)c1F. The quantitative estimate of drug-likeness (QED) is 0.812. The third-order valence-corrected chi connectivity index (χ3v) is 3.17. The summed E-state index contributed by atoms with van der Waals surface area (Å²) in [5.41, 5.74) is 0.738. The van der Waals surface area contributed by atoms with Crippen LogP contribution in [0.15, 0.2) is 48.5 Å². The van der Waals surface area contributed by atoms with Gasteiger partial charge in [0.15, 0.2) is 5.82 Å². The highest BCUT2D eigenvalue weighted by atomic mass is 35.5. The molecule has 0 aliphatic rings. The van der Waals surface area contributed by atoms with Crippen LogP contribution in [0.2, 0.25) is 10.0 Å². The number of halogens is 3. The van der Waals surface area contributed by atoms with Crippen molar-refractivity contribution < 1.29 is 9.18 Å². The molecule has 0 aliphatic carbocycles. The van der Waals surface area contributed by atoms with E-state index < -0.39 is 11.7 Å². The Morgan fingerprint density at radius 2 is 1.75 bits per heavy atom. The maximum Gasteiger partial charge on any atom is 0.248 e. The molecular weight excluding hydrogens is 300 g/mol. The van der Waals surface area contributed by atoms with Gasteiger partial charge in [-0.2, -0.15) is 0 Å². The van der Waals surface area contributed by atoms with Crippen LogP contribution < -0.4 is 5.32 Å². The van der Waals surface area contributed by atoms with Crippen LogP contribution in [-0.2, 0) is 4.79 Å². The van der Waals surface area contributed by atoms with Gasteiger partial charge >= 0.3 is 0 Å². The second-order valence-corrected chi connectivity index (χ2v) is 4.76. The van der Waals surface area contributed by atoms with Crippen LogP contribution in [0, 0.1) is 5.82 Å². The minimum Gasteiger partial charge on any atom is -0.320 e. The molecule has 2 rings (SSSR count). The van der Waals surface area contributed by atoms with Crippen molar-refractivity contribution in [1.82, 2.24) is 0 Å². The Bertz CT molecular complexity index is 671. The molecule has 0 saturated carbocycles. The topological polar surface area (TPSA) is 29.1 Å². The van der Waals surface area contributed by atoms with Crippen molar-refractivity contribution >= 4 is 40.9 Å². The van der Waals surface area contributed by atoms with Gasteiger partial charge in [0.25, 0.3) is 0 Å². The van der Waals surface area contributed by atoms with Crippen molar-refractivity contribution in [2.24, 2.45) is 0 Å². The van der Waals surface area contributed by atoms with Crippen molar-refractivity contribution in [2.45, 2.75) is 0 Å². The van der Waals surface area contributed by atoms with E-state index in [1.165, 1.54) is 18.2 Å². The van der Waals surface area contributed by atoms with Gasteiger partial charge in [0.2, 0.25) is 5.91 Å². The smallest absolute Gasteiger partial charge is 0.248 e. The van der Waals surface area contributed by atoms with Gasteiger partial charge in [-0.3, -0.25) is 4.79 Å². The van der Waals surface area contributed by atoms with Gasteiger partial charge in [0.05, 0.1) is 10.7 Å². The molecule has 2 aromatic carbocycles. The van der Waals surface area contributed by atoms with Crippen LogP contribution in [0.5, 0.6) is 0 Å². The van der Waals surface area contributed by atoms with Crippen LogP contribution >= 0.6 is 23.2 Å². The van der Waals surface area contributed by atoms with Gasteiger partial charge in [-0.05, 0) is 29.8 Å². The molecule has 1 amide bonds. The molecule has 0 saturated heterocycles. The summed E-state index contributed by atoms with van der Waals surface area (Å²) >= 11 is 11.6. The molecule has 1 N–H and O–H groups in total. The van der Waals surface area contributed by atoms with Crippen LogP contribution in [0.4, 0.5) is 10.1 Å². The second kappa shape index (κ2) is 6.55. The summed E-state index contributed by atoms with van der Waals surface area (Å²) in [6.45, 7) is 0. The number of amides is 1. The van der Waals surface area contributed by atoms with E-state index in [0.717, 1.165) is 0 Å². The fraction of sp³-hybridized carbons (Fsp3) is 0. The summed E-state index contributed by atoms with van der Waals surface area (Å²) in [5, 5.41) is 2.90. The lowest BCUT2D eigenvalue weighted by molar-refractivity contribution is -0.111. The van der Waals surface area contributed by atoms with Gasteiger partial charge in [-0.15, -0.1) is 0 Å². The Labute approximate surface area is 125 Å². The zero-order valence-corrected chi connectivity index (χ0v) is 11.8. The highest BCUT2D eigenvalue weighted by Gasteiger charge is 2.07. The first-order valence-electron chi connectivity index (χ1n) is 5.75. The average molecular weight is 310 g/mol. The predicted octanol–water partition coefficient (Wildman–Crippen LogP) is 4.78. The number of anilines is 1. The molecule has 0 heterocycles. The first-order valence-corrected chi connectivity index (χ1v) is 6.51. The van der Waals surface area contributed by atoms with Crippen molar-refractivity contribution in [3.05, 3.63) is 70.0 Å². The van der Waals surface area contributed by atoms with E-state index in [1.807, 2.05) is 0 Å². The van der Waals surface area contributed by atoms with Gasteiger partial charge < -0.3 is 5.32 Å². The molecule has 2 aromatic rings. The lowest BCUT2D eigenvalue weighted by Gasteiger charge is -2.04. The third-order valence-electron chi connectivity index (χ3n) is 2.53. The third kappa shape index (κ3) is 3.59. The summed E-state index contributed by atoms with van der Waals surface area (Å²) in [5.74, 6) is -1.13. The predicted molar refractivity (Wildman–Crippen MR) is 80.5 cm³/mol. The Morgan fingerprint density at radius 3 is 2.50 bits per heavy atom. The summed E-state index contributed by atoms with van der Waals surface area (Å²) in [6.07, 6.45) is 2.83. The lowest BCUT2D eigenvalue weighted by Crippen LogP contribution is -2.09. The summed E-state index contributed by atoms with van der Waals surface area (Å²) in [7, 11) is 0. The maximum atomic E-state index is 13.6. The molecule has 0 unspecified atom stereocenters. The number of hydrogen-bond acceptors (Lipinski definition) is 1. The fourth-order valence-electron chi connectivity index (χ4n) is 1.55. The zero-order chi connectivity index (χ0) is 14.5.